The maximum atomic E-state index is 11.7. The molecule has 0 aliphatic rings. The Labute approximate surface area is 152 Å². The van der Waals surface area contributed by atoms with Crippen LogP contribution in [-0.2, 0) is 19.7 Å². The van der Waals surface area contributed by atoms with Crippen molar-refractivity contribution in [3.63, 3.8) is 0 Å². The number of nitrogens with zero attached hydrogens (tertiary/aromatic N) is 2. The van der Waals surface area contributed by atoms with Gasteiger partial charge in [0.1, 0.15) is 0 Å². The highest BCUT2D eigenvalue weighted by Crippen LogP contribution is 2.24. The Morgan fingerprint density at radius 3 is 1.85 bits per heavy atom. The summed E-state index contributed by atoms with van der Waals surface area (Å²) in [6.07, 6.45) is 3.84. The van der Waals surface area contributed by atoms with Crippen molar-refractivity contribution in [1.82, 2.24) is 9.97 Å². The third-order valence-corrected chi connectivity index (χ3v) is 5.95. The second-order valence-electron chi connectivity index (χ2n) is 5.87. The molecule has 6 nitrogen and oxygen atoms in total. The minimum absolute atomic E-state index is 0.183. The van der Waals surface area contributed by atoms with Crippen molar-refractivity contribution in [1.29, 1.82) is 0 Å². The average molecular weight is 388 g/mol. The van der Waals surface area contributed by atoms with Gasteiger partial charge in [0.2, 0.25) is 0 Å². The van der Waals surface area contributed by atoms with Crippen LogP contribution in [0.15, 0.2) is 70.6 Å². The highest BCUT2D eigenvalue weighted by molar-refractivity contribution is 7.91. The first-order valence-electron chi connectivity index (χ1n) is 7.59. The highest BCUT2D eigenvalue weighted by atomic mass is 32.2. The molecule has 8 heteroatoms. The molecule has 0 fully saturated rings. The predicted molar refractivity (Wildman–Crippen MR) is 99.1 cm³/mol. The molecule has 1 heterocycles. The van der Waals surface area contributed by atoms with Gasteiger partial charge in [-0.2, -0.15) is 0 Å². The molecule has 2 aromatic carbocycles. The molecule has 0 aliphatic carbocycles. The molecular formula is C18H16N2O4S2. The number of aromatic nitrogens is 2. The third kappa shape index (κ3) is 3.97. The van der Waals surface area contributed by atoms with Crippen molar-refractivity contribution in [2.24, 2.45) is 0 Å². The van der Waals surface area contributed by atoms with Gasteiger partial charge in [-0.25, -0.2) is 26.8 Å². The van der Waals surface area contributed by atoms with Crippen LogP contribution in [0.2, 0.25) is 0 Å². The lowest BCUT2D eigenvalue weighted by Gasteiger charge is -2.07. The van der Waals surface area contributed by atoms with Gasteiger partial charge in [-0.3, -0.25) is 0 Å². The Balaban J connectivity index is 2.08. The van der Waals surface area contributed by atoms with E-state index in [1.807, 2.05) is 0 Å². The van der Waals surface area contributed by atoms with E-state index in [0.29, 0.717) is 22.6 Å². The van der Waals surface area contributed by atoms with Gasteiger partial charge >= 0.3 is 0 Å². The van der Waals surface area contributed by atoms with Gasteiger partial charge in [0.25, 0.3) is 0 Å². The molecule has 3 aromatic rings. The summed E-state index contributed by atoms with van der Waals surface area (Å²) in [7, 11) is -6.67. The van der Waals surface area contributed by atoms with Crippen molar-refractivity contribution in [3.8, 4) is 22.6 Å². The Hall–Kier alpha value is -2.58. The minimum atomic E-state index is -3.34. The van der Waals surface area contributed by atoms with Gasteiger partial charge in [-0.1, -0.05) is 24.3 Å². The van der Waals surface area contributed by atoms with Gasteiger partial charge < -0.3 is 0 Å². The lowest BCUT2D eigenvalue weighted by Crippen LogP contribution is -1.99. The first-order valence-corrected chi connectivity index (χ1v) is 11.4. The number of rotatable bonds is 4. The third-order valence-electron chi connectivity index (χ3n) is 3.73. The van der Waals surface area contributed by atoms with E-state index in [2.05, 4.69) is 9.97 Å². The standard InChI is InChI=1S/C18H16N2O4S2/c1-25(21,22)15-7-3-5-13(11-15)17-9-10-19-18(20-17)14-6-4-8-16(12-14)26(2,23)24/h3-12H,1-2H3. The Kier molecular flexibility index (Phi) is 4.64. The van der Waals surface area contributed by atoms with E-state index in [1.54, 1.807) is 42.6 Å². The van der Waals surface area contributed by atoms with Gasteiger partial charge in [0.15, 0.2) is 25.5 Å². The van der Waals surface area contributed by atoms with E-state index in [4.69, 9.17) is 0 Å². The zero-order chi connectivity index (χ0) is 18.9. The fourth-order valence-corrected chi connectivity index (χ4v) is 3.74. The molecule has 26 heavy (non-hydrogen) atoms. The molecule has 0 atom stereocenters. The Bertz CT molecular complexity index is 1100. The van der Waals surface area contributed by atoms with E-state index >= 15 is 0 Å². The minimum Gasteiger partial charge on any atom is -0.237 e. The van der Waals surface area contributed by atoms with E-state index < -0.39 is 19.7 Å². The van der Waals surface area contributed by atoms with Crippen LogP contribution < -0.4 is 0 Å². The van der Waals surface area contributed by atoms with E-state index in [-0.39, 0.29) is 9.79 Å². The summed E-state index contributed by atoms with van der Waals surface area (Å²) >= 11 is 0. The predicted octanol–water partition coefficient (Wildman–Crippen LogP) is 2.62. The van der Waals surface area contributed by atoms with Crippen LogP contribution in [0.1, 0.15) is 0 Å². The molecule has 0 radical (unpaired) electrons. The van der Waals surface area contributed by atoms with Crippen molar-refractivity contribution >= 4 is 19.7 Å². The van der Waals surface area contributed by atoms with E-state index in [9.17, 15) is 16.8 Å². The zero-order valence-corrected chi connectivity index (χ0v) is 15.8. The van der Waals surface area contributed by atoms with Crippen LogP contribution in [0, 0.1) is 0 Å². The highest BCUT2D eigenvalue weighted by Gasteiger charge is 2.12. The lowest BCUT2D eigenvalue weighted by atomic mass is 10.1. The second-order valence-corrected chi connectivity index (χ2v) is 9.90. The van der Waals surface area contributed by atoms with Crippen LogP contribution in [0.5, 0.6) is 0 Å². The fraction of sp³-hybridized carbons (Fsp3) is 0.111. The summed E-state index contributed by atoms with van der Waals surface area (Å²) < 4.78 is 47.0. The van der Waals surface area contributed by atoms with Gasteiger partial charge in [-0.15, -0.1) is 0 Å². The zero-order valence-electron chi connectivity index (χ0n) is 14.1. The van der Waals surface area contributed by atoms with Crippen molar-refractivity contribution < 1.29 is 16.8 Å². The molecule has 0 N–H and O–H groups in total. The lowest BCUT2D eigenvalue weighted by molar-refractivity contribution is 0.600. The van der Waals surface area contributed by atoms with Crippen LogP contribution in [0.4, 0.5) is 0 Å². The molecular weight excluding hydrogens is 372 g/mol. The summed E-state index contributed by atoms with van der Waals surface area (Å²) in [5.41, 5.74) is 1.75. The van der Waals surface area contributed by atoms with E-state index in [0.717, 1.165) is 12.5 Å². The molecule has 3 rings (SSSR count). The monoisotopic (exact) mass is 388 g/mol. The van der Waals surface area contributed by atoms with E-state index in [1.165, 1.54) is 18.2 Å². The fourth-order valence-electron chi connectivity index (χ4n) is 2.41. The van der Waals surface area contributed by atoms with Gasteiger partial charge in [-0.05, 0) is 30.3 Å². The molecule has 0 saturated carbocycles. The molecule has 0 spiro atoms. The van der Waals surface area contributed by atoms with Gasteiger partial charge in [0.05, 0.1) is 15.5 Å². The molecule has 0 saturated heterocycles. The summed E-state index contributed by atoms with van der Waals surface area (Å²) in [4.78, 5) is 9.05. The number of benzene rings is 2. The van der Waals surface area contributed by atoms with Crippen LogP contribution >= 0.6 is 0 Å². The SMILES string of the molecule is CS(=O)(=O)c1cccc(-c2ccnc(-c3cccc(S(C)(=O)=O)c3)n2)c1. The number of hydrogen-bond acceptors (Lipinski definition) is 6. The first-order chi connectivity index (χ1) is 12.1. The number of hydrogen-bond donors (Lipinski definition) is 0. The normalized spacial score (nSPS) is 12.1. The molecule has 0 unspecified atom stereocenters. The molecule has 0 bridgehead atoms. The molecule has 0 amide bonds. The van der Waals surface area contributed by atoms with Crippen molar-refractivity contribution in [2.45, 2.75) is 9.79 Å². The van der Waals surface area contributed by atoms with Crippen molar-refractivity contribution in [3.05, 3.63) is 60.8 Å². The smallest absolute Gasteiger partial charge is 0.175 e. The molecule has 0 aliphatic heterocycles. The number of sulfone groups is 2. The summed E-state index contributed by atoms with van der Waals surface area (Å²) in [6, 6.07) is 14.5. The maximum Gasteiger partial charge on any atom is 0.175 e. The summed E-state index contributed by atoms with van der Waals surface area (Å²) in [5.74, 6) is 0.359. The van der Waals surface area contributed by atoms with Crippen LogP contribution in [0.3, 0.4) is 0 Å². The largest absolute Gasteiger partial charge is 0.237 e. The summed E-state index contributed by atoms with van der Waals surface area (Å²) in [5, 5.41) is 0. The summed E-state index contributed by atoms with van der Waals surface area (Å²) in [6.45, 7) is 0. The molecule has 1 aromatic heterocycles. The second kappa shape index (κ2) is 6.62. The van der Waals surface area contributed by atoms with Crippen LogP contribution in [-0.4, -0.2) is 39.3 Å². The molecule has 134 valence electrons. The quantitative estimate of drug-likeness (QED) is 0.682. The first kappa shape index (κ1) is 18.2. The van der Waals surface area contributed by atoms with Crippen LogP contribution in [0.25, 0.3) is 22.6 Å². The Morgan fingerprint density at radius 1 is 0.731 bits per heavy atom. The Morgan fingerprint density at radius 2 is 1.27 bits per heavy atom. The topological polar surface area (TPSA) is 94.1 Å². The maximum absolute atomic E-state index is 11.7. The van der Waals surface area contributed by atoms with Crippen molar-refractivity contribution in [2.75, 3.05) is 12.5 Å². The van der Waals surface area contributed by atoms with Gasteiger partial charge in [0, 0.05) is 29.8 Å². The average Bonchev–Trinajstić information content (AvgIpc) is 2.61.